The first-order valence-corrected chi connectivity index (χ1v) is 5.15. The van der Waals surface area contributed by atoms with Crippen molar-refractivity contribution in [1.29, 1.82) is 0 Å². The summed E-state index contributed by atoms with van der Waals surface area (Å²) in [4.78, 5) is 0. The molecule has 0 fully saturated rings. The van der Waals surface area contributed by atoms with Crippen molar-refractivity contribution >= 4 is 0 Å². The van der Waals surface area contributed by atoms with Gasteiger partial charge in [0.25, 0.3) is 0 Å². The van der Waals surface area contributed by atoms with Crippen LogP contribution in [0, 0.1) is 0 Å². The van der Waals surface area contributed by atoms with Crippen LogP contribution in [0.15, 0.2) is 22.8 Å². The zero-order valence-corrected chi connectivity index (χ0v) is 8.55. The Labute approximate surface area is 80.3 Å². The fourth-order valence-electron chi connectivity index (χ4n) is 1.44. The zero-order valence-electron chi connectivity index (χ0n) is 8.55. The van der Waals surface area contributed by atoms with Crippen molar-refractivity contribution in [2.45, 2.75) is 39.2 Å². The minimum Gasteiger partial charge on any atom is -0.468 e. The summed E-state index contributed by atoms with van der Waals surface area (Å²) in [6.07, 6.45) is 5.24. The lowest BCUT2D eigenvalue weighted by Gasteiger charge is -2.14. The first-order valence-electron chi connectivity index (χ1n) is 5.15. The largest absolute Gasteiger partial charge is 0.468 e. The topological polar surface area (TPSA) is 25.2 Å². The van der Waals surface area contributed by atoms with Gasteiger partial charge >= 0.3 is 0 Å². The summed E-state index contributed by atoms with van der Waals surface area (Å²) in [7, 11) is 0. The predicted octanol–water partition coefficient (Wildman–Crippen LogP) is 3.12. The van der Waals surface area contributed by atoms with Gasteiger partial charge in [0.2, 0.25) is 0 Å². The van der Waals surface area contributed by atoms with E-state index < -0.39 is 0 Å². The normalized spacial score (nSPS) is 13.1. The second-order valence-corrected chi connectivity index (χ2v) is 3.31. The van der Waals surface area contributed by atoms with Crippen molar-refractivity contribution in [3.63, 3.8) is 0 Å². The average Bonchev–Trinajstić information content (AvgIpc) is 2.65. The Balaban J connectivity index is 2.47. The van der Waals surface area contributed by atoms with Gasteiger partial charge in [0.1, 0.15) is 5.76 Å². The number of hydrogen-bond acceptors (Lipinski definition) is 2. The molecule has 0 radical (unpaired) electrons. The summed E-state index contributed by atoms with van der Waals surface area (Å²) >= 11 is 0. The number of rotatable bonds is 6. The third kappa shape index (κ3) is 3.23. The fraction of sp³-hybridized carbons (Fsp3) is 0.636. The molecule has 0 aliphatic heterocycles. The number of furan rings is 1. The van der Waals surface area contributed by atoms with Gasteiger partial charge in [0.05, 0.1) is 12.3 Å². The maximum absolute atomic E-state index is 5.38. The molecule has 0 bridgehead atoms. The van der Waals surface area contributed by atoms with Crippen LogP contribution in [0.3, 0.4) is 0 Å². The minimum atomic E-state index is 0.403. The Morgan fingerprint density at radius 1 is 1.38 bits per heavy atom. The van der Waals surface area contributed by atoms with Crippen LogP contribution in [-0.4, -0.2) is 6.54 Å². The molecule has 0 aliphatic carbocycles. The highest BCUT2D eigenvalue weighted by Gasteiger charge is 2.11. The van der Waals surface area contributed by atoms with Crippen LogP contribution in [0.25, 0.3) is 0 Å². The lowest BCUT2D eigenvalue weighted by Crippen LogP contribution is -2.21. The monoisotopic (exact) mass is 181 g/mol. The average molecular weight is 181 g/mol. The molecule has 1 aromatic rings. The van der Waals surface area contributed by atoms with Gasteiger partial charge in [-0.05, 0) is 31.5 Å². The molecule has 0 amide bonds. The Bertz CT molecular complexity index is 206. The van der Waals surface area contributed by atoms with Gasteiger partial charge in [-0.3, -0.25) is 0 Å². The number of nitrogens with one attached hydrogen (secondary N) is 1. The smallest absolute Gasteiger partial charge is 0.120 e. The molecule has 0 spiro atoms. The molecule has 0 aromatic carbocycles. The van der Waals surface area contributed by atoms with E-state index in [4.69, 9.17) is 4.42 Å². The molecule has 74 valence electrons. The molecular formula is C11H19NO. The van der Waals surface area contributed by atoms with E-state index in [1.807, 2.05) is 12.1 Å². The summed E-state index contributed by atoms with van der Waals surface area (Å²) < 4.78 is 5.38. The van der Waals surface area contributed by atoms with Gasteiger partial charge in [-0.2, -0.15) is 0 Å². The maximum atomic E-state index is 5.38. The molecule has 2 heteroatoms. The quantitative estimate of drug-likeness (QED) is 0.729. The molecule has 1 atom stereocenters. The van der Waals surface area contributed by atoms with Crippen LogP contribution in [-0.2, 0) is 0 Å². The van der Waals surface area contributed by atoms with Crippen molar-refractivity contribution < 1.29 is 4.42 Å². The van der Waals surface area contributed by atoms with E-state index in [1.165, 1.54) is 12.8 Å². The van der Waals surface area contributed by atoms with Crippen LogP contribution >= 0.6 is 0 Å². The van der Waals surface area contributed by atoms with Gasteiger partial charge < -0.3 is 9.73 Å². The maximum Gasteiger partial charge on any atom is 0.120 e. The molecule has 1 unspecified atom stereocenters. The highest BCUT2D eigenvalue weighted by atomic mass is 16.3. The van der Waals surface area contributed by atoms with Crippen LogP contribution in [0.5, 0.6) is 0 Å². The van der Waals surface area contributed by atoms with Crippen molar-refractivity contribution in [2.24, 2.45) is 0 Å². The Morgan fingerprint density at radius 3 is 2.77 bits per heavy atom. The van der Waals surface area contributed by atoms with Crippen molar-refractivity contribution in [2.75, 3.05) is 6.54 Å². The summed E-state index contributed by atoms with van der Waals surface area (Å²) in [6.45, 7) is 5.44. The predicted molar refractivity (Wildman–Crippen MR) is 54.7 cm³/mol. The molecule has 0 saturated heterocycles. The van der Waals surface area contributed by atoms with E-state index >= 15 is 0 Å². The molecule has 0 aliphatic rings. The van der Waals surface area contributed by atoms with E-state index in [9.17, 15) is 0 Å². The molecule has 1 rings (SSSR count). The Kier molecular flexibility index (Phi) is 4.61. The molecule has 1 heterocycles. The van der Waals surface area contributed by atoms with Crippen LogP contribution in [0.2, 0.25) is 0 Å². The standard InChI is InChI=1S/C11H19NO/c1-3-6-10(12-8-4-2)11-7-5-9-13-11/h5,7,9-10,12H,3-4,6,8H2,1-2H3. The van der Waals surface area contributed by atoms with E-state index in [2.05, 4.69) is 19.2 Å². The van der Waals surface area contributed by atoms with E-state index in [1.54, 1.807) is 6.26 Å². The van der Waals surface area contributed by atoms with Gasteiger partial charge in [0, 0.05) is 0 Å². The second-order valence-electron chi connectivity index (χ2n) is 3.31. The lowest BCUT2D eigenvalue weighted by molar-refractivity contribution is 0.393. The Morgan fingerprint density at radius 2 is 2.23 bits per heavy atom. The minimum absolute atomic E-state index is 0.403. The zero-order chi connectivity index (χ0) is 9.52. The lowest BCUT2D eigenvalue weighted by atomic mass is 10.1. The first kappa shape index (κ1) is 10.3. The molecule has 2 nitrogen and oxygen atoms in total. The SMILES string of the molecule is CCCNC(CCC)c1ccco1. The molecule has 1 aromatic heterocycles. The van der Waals surface area contributed by atoms with Gasteiger partial charge in [-0.1, -0.05) is 20.3 Å². The van der Waals surface area contributed by atoms with Crippen LogP contribution < -0.4 is 5.32 Å². The van der Waals surface area contributed by atoms with Crippen molar-refractivity contribution in [3.05, 3.63) is 24.2 Å². The van der Waals surface area contributed by atoms with Gasteiger partial charge in [-0.25, -0.2) is 0 Å². The van der Waals surface area contributed by atoms with Gasteiger partial charge in [-0.15, -0.1) is 0 Å². The highest BCUT2D eigenvalue weighted by Crippen LogP contribution is 2.18. The fourth-order valence-corrected chi connectivity index (χ4v) is 1.44. The summed E-state index contributed by atoms with van der Waals surface area (Å²) in [6, 6.07) is 4.40. The first-order chi connectivity index (χ1) is 6.38. The molecule has 13 heavy (non-hydrogen) atoms. The highest BCUT2D eigenvalue weighted by molar-refractivity contribution is 5.04. The summed E-state index contributed by atoms with van der Waals surface area (Å²) in [5.74, 6) is 1.07. The van der Waals surface area contributed by atoms with Crippen molar-refractivity contribution in [1.82, 2.24) is 5.32 Å². The number of hydrogen-bond donors (Lipinski definition) is 1. The van der Waals surface area contributed by atoms with Crippen LogP contribution in [0.4, 0.5) is 0 Å². The van der Waals surface area contributed by atoms with Gasteiger partial charge in [0.15, 0.2) is 0 Å². The van der Waals surface area contributed by atoms with Crippen molar-refractivity contribution in [3.8, 4) is 0 Å². The van der Waals surface area contributed by atoms with Crippen LogP contribution in [0.1, 0.15) is 44.9 Å². The summed E-state index contributed by atoms with van der Waals surface area (Å²) in [5, 5.41) is 3.48. The second kappa shape index (κ2) is 5.81. The van der Waals surface area contributed by atoms with E-state index in [0.717, 1.165) is 18.7 Å². The molecular weight excluding hydrogens is 162 g/mol. The van der Waals surface area contributed by atoms with E-state index in [0.29, 0.717) is 6.04 Å². The molecule has 1 N–H and O–H groups in total. The van der Waals surface area contributed by atoms with E-state index in [-0.39, 0.29) is 0 Å². The third-order valence-electron chi connectivity index (χ3n) is 2.10. The molecule has 0 saturated carbocycles. The third-order valence-corrected chi connectivity index (χ3v) is 2.10. The Hall–Kier alpha value is -0.760. The summed E-state index contributed by atoms with van der Waals surface area (Å²) in [5.41, 5.74) is 0.